The molecule has 2 fully saturated rings. The molecule has 1 aromatic rings. The molecule has 172 valence electrons. The van der Waals surface area contributed by atoms with Crippen molar-refractivity contribution in [1.82, 2.24) is 9.80 Å². The van der Waals surface area contributed by atoms with E-state index < -0.39 is 35.2 Å². The van der Waals surface area contributed by atoms with E-state index in [4.69, 9.17) is 4.74 Å². The molecule has 0 bridgehead atoms. The number of ether oxygens (including phenoxy) is 1. The monoisotopic (exact) mass is 440 g/mol. The SMILES string of the molecule is CC1(CN(C(=O)C(F)(F)F)[C@@H]2CC2c2ccccc2)CCN(C(=O)OC(C)(C)C)CC1. The van der Waals surface area contributed by atoms with Crippen LogP contribution in [0.25, 0.3) is 0 Å². The molecule has 1 unspecified atom stereocenters. The molecule has 1 saturated carbocycles. The van der Waals surface area contributed by atoms with Crippen molar-refractivity contribution >= 4 is 12.0 Å². The van der Waals surface area contributed by atoms with Gasteiger partial charge in [-0.05, 0) is 51.0 Å². The lowest BCUT2D eigenvalue weighted by molar-refractivity contribution is -0.188. The van der Waals surface area contributed by atoms with Gasteiger partial charge in [0.05, 0.1) is 0 Å². The van der Waals surface area contributed by atoms with Crippen molar-refractivity contribution in [2.75, 3.05) is 19.6 Å². The van der Waals surface area contributed by atoms with Gasteiger partial charge in [-0.25, -0.2) is 4.79 Å². The Hall–Kier alpha value is -2.25. The Kier molecular flexibility index (Phi) is 6.31. The number of hydrogen-bond donors (Lipinski definition) is 0. The molecular formula is C23H31F3N2O3. The molecule has 2 atom stereocenters. The van der Waals surface area contributed by atoms with Crippen molar-refractivity contribution in [3.8, 4) is 0 Å². The number of carbonyl (C=O) groups is 2. The highest BCUT2D eigenvalue weighted by molar-refractivity contribution is 5.82. The molecule has 0 N–H and O–H groups in total. The van der Waals surface area contributed by atoms with Gasteiger partial charge < -0.3 is 14.5 Å². The van der Waals surface area contributed by atoms with E-state index in [9.17, 15) is 22.8 Å². The minimum absolute atomic E-state index is 0.0293. The smallest absolute Gasteiger partial charge is 0.444 e. The normalized spacial score (nSPS) is 23.3. The largest absolute Gasteiger partial charge is 0.471 e. The topological polar surface area (TPSA) is 49.9 Å². The van der Waals surface area contributed by atoms with E-state index in [1.165, 1.54) is 0 Å². The molecule has 1 heterocycles. The van der Waals surface area contributed by atoms with Gasteiger partial charge in [0.15, 0.2) is 0 Å². The maximum absolute atomic E-state index is 13.4. The molecule has 2 aliphatic rings. The Morgan fingerprint density at radius 1 is 1.13 bits per heavy atom. The van der Waals surface area contributed by atoms with Gasteiger partial charge in [-0.15, -0.1) is 0 Å². The summed E-state index contributed by atoms with van der Waals surface area (Å²) in [6.07, 6.45) is -3.76. The molecule has 1 aliphatic carbocycles. The summed E-state index contributed by atoms with van der Waals surface area (Å²) in [6.45, 7) is 8.09. The van der Waals surface area contributed by atoms with Gasteiger partial charge >= 0.3 is 18.2 Å². The second kappa shape index (κ2) is 8.36. The average molecular weight is 441 g/mol. The number of amides is 2. The molecular weight excluding hydrogens is 409 g/mol. The first kappa shape index (κ1) is 23.4. The van der Waals surface area contributed by atoms with Crippen LogP contribution in [0.3, 0.4) is 0 Å². The number of benzene rings is 1. The van der Waals surface area contributed by atoms with Crippen molar-refractivity contribution in [2.24, 2.45) is 5.41 Å². The highest BCUT2D eigenvalue weighted by Gasteiger charge is 2.53. The molecule has 3 rings (SSSR count). The Morgan fingerprint density at radius 3 is 2.23 bits per heavy atom. The van der Waals surface area contributed by atoms with E-state index in [1.807, 2.05) is 37.3 Å². The molecule has 1 saturated heterocycles. The summed E-state index contributed by atoms with van der Waals surface area (Å²) in [7, 11) is 0. The summed E-state index contributed by atoms with van der Waals surface area (Å²) in [6, 6.07) is 8.91. The number of piperidine rings is 1. The van der Waals surface area contributed by atoms with Crippen molar-refractivity contribution in [3.63, 3.8) is 0 Å². The molecule has 31 heavy (non-hydrogen) atoms. The predicted molar refractivity (Wildman–Crippen MR) is 111 cm³/mol. The van der Waals surface area contributed by atoms with Crippen molar-refractivity contribution in [1.29, 1.82) is 0 Å². The molecule has 5 nitrogen and oxygen atoms in total. The number of carbonyl (C=O) groups excluding carboxylic acids is 2. The Labute approximate surface area is 181 Å². The Morgan fingerprint density at radius 2 is 1.71 bits per heavy atom. The number of nitrogens with zero attached hydrogens (tertiary/aromatic N) is 2. The van der Waals surface area contributed by atoms with Gasteiger partial charge in [0, 0.05) is 31.6 Å². The molecule has 1 aliphatic heterocycles. The van der Waals surface area contributed by atoms with Crippen LogP contribution in [-0.4, -0.2) is 59.3 Å². The number of alkyl halides is 3. The molecule has 1 aromatic carbocycles. The number of halogens is 3. The van der Waals surface area contributed by atoms with Crippen LogP contribution in [0.15, 0.2) is 30.3 Å². The van der Waals surface area contributed by atoms with Crippen LogP contribution in [0.1, 0.15) is 58.4 Å². The average Bonchev–Trinajstić information content (AvgIpc) is 3.45. The van der Waals surface area contributed by atoms with Crippen LogP contribution in [0.5, 0.6) is 0 Å². The lowest BCUT2D eigenvalue weighted by Gasteiger charge is -2.42. The second-order valence-corrected chi connectivity index (χ2v) is 10.0. The maximum atomic E-state index is 13.4. The lowest BCUT2D eigenvalue weighted by Crippen LogP contribution is -2.51. The summed E-state index contributed by atoms with van der Waals surface area (Å²) in [5.41, 5.74) is -0.146. The third kappa shape index (κ3) is 5.92. The third-order valence-corrected chi connectivity index (χ3v) is 6.06. The third-order valence-electron chi connectivity index (χ3n) is 6.06. The molecule has 0 spiro atoms. The standard InChI is InChI=1S/C23H31F3N2O3/c1-21(2,3)31-20(30)27-12-10-22(4,11-13-27)15-28(19(29)23(24,25)26)18-14-17(18)16-8-6-5-7-9-16/h5-9,17-18H,10-15H2,1-4H3/t17?,18-/m1/s1. The molecule has 8 heteroatoms. The fourth-order valence-electron chi connectivity index (χ4n) is 4.21. The Bertz CT molecular complexity index is 797. The number of hydrogen-bond acceptors (Lipinski definition) is 3. The van der Waals surface area contributed by atoms with Crippen LogP contribution in [0.2, 0.25) is 0 Å². The predicted octanol–water partition coefficient (Wildman–Crippen LogP) is 4.97. The maximum Gasteiger partial charge on any atom is 0.471 e. The summed E-state index contributed by atoms with van der Waals surface area (Å²) < 4.78 is 45.5. The van der Waals surface area contributed by atoms with E-state index in [1.54, 1.807) is 25.7 Å². The van der Waals surface area contributed by atoms with E-state index in [-0.39, 0.29) is 12.5 Å². The van der Waals surface area contributed by atoms with Crippen LogP contribution in [0.4, 0.5) is 18.0 Å². The van der Waals surface area contributed by atoms with Gasteiger partial charge in [0.25, 0.3) is 0 Å². The highest BCUT2D eigenvalue weighted by atomic mass is 19.4. The van der Waals surface area contributed by atoms with Gasteiger partial charge in [-0.2, -0.15) is 13.2 Å². The lowest BCUT2D eigenvalue weighted by atomic mass is 9.79. The summed E-state index contributed by atoms with van der Waals surface area (Å²) in [5, 5.41) is 0. The zero-order valence-corrected chi connectivity index (χ0v) is 18.5. The van der Waals surface area contributed by atoms with E-state index in [0.29, 0.717) is 32.4 Å². The number of rotatable bonds is 4. The van der Waals surface area contributed by atoms with Gasteiger partial charge in [-0.3, -0.25) is 4.79 Å². The number of likely N-dealkylation sites (tertiary alicyclic amines) is 1. The fourth-order valence-corrected chi connectivity index (χ4v) is 4.21. The van der Waals surface area contributed by atoms with Crippen molar-refractivity contribution in [3.05, 3.63) is 35.9 Å². The molecule has 0 radical (unpaired) electrons. The zero-order chi connectivity index (χ0) is 23.0. The van der Waals surface area contributed by atoms with Gasteiger partial charge in [-0.1, -0.05) is 37.3 Å². The van der Waals surface area contributed by atoms with Crippen LogP contribution in [0, 0.1) is 5.41 Å². The quantitative estimate of drug-likeness (QED) is 0.664. The highest BCUT2D eigenvalue weighted by Crippen LogP contribution is 2.47. The zero-order valence-electron chi connectivity index (χ0n) is 18.5. The summed E-state index contributed by atoms with van der Waals surface area (Å²) >= 11 is 0. The fraction of sp³-hybridized carbons (Fsp3) is 0.652. The molecule has 0 aromatic heterocycles. The van der Waals surface area contributed by atoms with E-state index >= 15 is 0 Å². The Balaban J connectivity index is 1.68. The first-order valence-corrected chi connectivity index (χ1v) is 10.7. The van der Waals surface area contributed by atoms with E-state index in [0.717, 1.165) is 10.5 Å². The second-order valence-electron chi connectivity index (χ2n) is 10.0. The van der Waals surface area contributed by atoms with Gasteiger partial charge in [0.1, 0.15) is 5.60 Å². The van der Waals surface area contributed by atoms with Crippen molar-refractivity contribution < 1.29 is 27.5 Å². The van der Waals surface area contributed by atoms with E-state index in [2.05, 4.69) is 0 Å². The minimum Gasteiger partial charge on any atom is -0.444 e. The van der Waals surface area contributed by atoms with Crippen LogP contribution in [-0.2, 0) is 9.53 Å². The van der Waals surface area contributed by atoms with Crippen molar-refractivity contribution in [2.45, 2.75) is 70.7 Å². The van der Waals surface area contributed by atoms with Crippen LogP contribution >= 0.6 is 0 Å². The van der Waals surface area contributed by atoms with Gasteiger partial charge in [0.2, 0.25) is 0 Å². The first-order chi connectivity index (χ1) is 14.3. The van der Waals surface area contributed by atoms with Crippen LogP contribution < -0.4 is 0 Å². The summed E-state index contributed by atoms with van der Waals surface area (Å²) in [5.74, 6) is -1.84. The molecule has 2 amide bonds. The minimum atomic E-state index is -4.91. The summed E-state index contributed by atoms with van der Waals surface area (Å²) in [4.78, 5) is 27.2. The first-order valence-electron chi connectivity index (χ1n) is 10.7.